The molecule has 4 aromatic rings. The number of aromatic nitrogens is 6. The van der Waals surface area contributed by atoms with Gasteiger partial charge in [-0.25, -0.2) is 4.98 Å². The average Bonchev–Trinajstić information content (AvgIpc) is 3.70. The number of halogens is 1. The Balaban J connectivity index is 1.48. The number of nitrogens with zero attached hydrogens (tertiary/aromatic N) is 4. The minimum absolute atomic E-state index is 0.275. The number of H-pyrrole nitrogens is 2. The van der Waals surface area contributed by atoms with E-state index in [1.54, 1.807) is 0 Å². The zero-order chi connectivity index (χ0) is 25.6. The van der Waals surface area contributed by atoms with Gasteiger partial charge < -0.3 is 15.0 Å². The summed E-state index contributed by atoms with van der Waals surface area (Å²) in [7, 11) is 0. The second-order valence-corrected chi connectivity index (χ2v) is 9.61. The van der Waals surface area contributed by atoms with Crippen LogP contribution in [0.2, 0.25) is 5.15 Å². The number of tetrazole rings is 1. The maximum atomic E-state index is 13.0. The Kier molecular flexibility index (Phi) is 7.91. The summed E-state index contributed by atoms with van der Waals surface area (Å²) >= 11 is 6.56. The maximum absolute atomic E-state index is 13.0. The van der Waals surface area contributed by atoms with Gasteiger partial charge >= 0.3 is 5.97 Å². The highest BCUT2D eigenvalue weighted by molar-refractivity contribution is 6.30. The average molecular weight is 520 g/mol. The molecule has 0 bridgehead atoms. The van der Waals surface area contributed by atoms with Crippen LogP contribution >= 0.6 is 11.6 Å². The van der Waals surface area contributed by atoms with Gasteiger partial charge in [-0.3, -0.25) is 4.79 Å². The summed E-state index contributed by atoms with van der Waals surface area (Å²) < 4.78 is 6.06. The van der Waals surface area contributed by atoms with Gasteiger partial charge in [-0.1, -0.05) is 67.4 Å². The van der Waals surface area contributed by atoms with E-state index in [0.29, 0.717) is 23.1 Å². The quantitative estimate of drug-likeness (QED) is 0.256. The molecule has 10 heteroatoms. The molecule has 0 unspecified atom stereocenters. The van der Waals surface area contributed by atoms with E-state index in [1.807, 2.05) is 48.5 Å². The van der Waals surface area contributed by atoms with Gasteiger partial charge in [0.15, 0.2) is 5.15 Å². The van der Waals surface area contributed by atoms with Gasteiger partial charge in [-0.05, 0) is 53.8 Å². The summed E-state index contributed by atoms with van der Waals surface area (Å²) in [6.45, 7) is 2.94. The highest BCUT2D eigenvalue weighted by Crippen LogP contribution is 2.34. The number of unbranched alkanes of at least 4 members (excludes halogenated alkanes) is 1. The molecular weight excluding hydrogens is 490 g/mol. The molecule has 2 atom stereocenters. The highest BCUT2D eigenvalue weighted by atomic mass is 35.5. The molecule has 9 nitrogen and oxygen atoms in total. The first-order valence-electron chi connectivity index (χ1n) is 12.7. The van der Waals surface area contributed by atoms with Crippen molar-refractivity contribution in [2.75, 3.05) is 6.54 Å². The Hall–Kier alpha value is -3.56. The summed E-state index contributed by atoms with van der Waals surface area (Å²) in [6.07, 6.45) is 4.33. The van der Waals surface area contributed by atoms with Crippen LogP contribution in [0, 0.1) is 0 Å². The first kappa shape index (κ1) is 25.1. The van der Waals surface area contributed by atoms with Crippen LogP contribution in [0.4, 0.5) is 0 Å². The van der Waals surface area contributed by atoms with Crippen LogP contribution < -0.4 is 5.32 Å². The van der Waals surface area contributed by atoms with Crippen LogP contribution in [0.1, 0.15) is 55.8 Å². The lowest BCUT2D eigenvalue weighted by Gasteiger charge is -2.20. The van der Waals surface area contributed by atoms with Crippen molar-refractivity contribution < 1.29 is 9.53 Å². The number of nitrogens with one attached hydrogen (secondary N) is 3. The molecule has 1 aliphatic rings. The number of rotatable bonds is 10. The van der Waals surface area contributed by atoms with E-state index >= 15 is 0 Å². The predicted octanol–water partition coefficient (Wildman–Crippen LogP) is 4.83. The Labute approximate surface area is 220 Å². The molecule has 3 heterocycles. The van der Waals surface area contributed by atoms with Crippen LogP contribution in [0.5, 0.6) is 0 Å². The molecule has 0 amide bonds. The topological polar surface area (TPSA) is 121 Å². The molecule has 37 heavy (non-hydrogen) atoms. The second kappa shape index (κ2) is 11.7. The Morgan fingerprint density at radius 1 is 1.19 bits per heavy atom. The highest BCUT2D eigenvalue weighted by Gasteiger charge is 2.29. The van der Waals surface area contributed by atoms with E-state index in [-0.39, 0.29) is 12.0 Å². The molecule has 5 rings (SSSR count). The maximum Gasteiger partial charge on any atom is 0.323 e. The molecule has 0 spiro atoms. The van der Waals surface area contributed by atoms with Crippen LogP contribution in [-0.4, -0.2) is 49.1 Å². The van der Waals surface area contributed by atoms with Crippen molar-refractivity contribution in [3.63, 3.8) is 0 Å². The van der Waals surface area contributed by atoms with Gasteiger partial charge in [-0.15, -0.1) is 10.2 Å². The van der Waals surface area contributed by atoms with E-state index in [2.05, 4.69) is 42.8 Å². The van der Waals surface area contributed by atoms with Gasteiger partial charge in [0.2, 0.25) is 5.82 Å². The first-order valence-corrected chi connectivity index (χ1v) is 13.1. The minimum Gasteiger partial charge on any atom is -0.454 e. The van der Waals surface area contributed by atoms with Crippen LogP contribution in [0.3, 0.4) is 0 Å². The van der Waals surface area contributed by atoms with Crippen molar-refractivity contribution >= 4 is 17.6 Å². The number of carbonyl (C=O) groups is 1. The van der Waals surface area contributed by atoms with Crippen molar-refractivity contribution in [3.8, 4) is 22.5 Å². The van der Waals surface area contributed by atoms with E-state index < -0.39 is 6.10 Å². The standard InChI is InChI=1S/C27H30ClN7O2/c1-2-3-11-23-30-24(25(28)31-23)22(37-27(36)21-10-7-14-29-21)16-17-12-13-19(18-8-5-4-6-9-18)20(15-17)26-32-34-35-33-26/h4-6,8-9,12-13,15,21-22,29H,2-3,7,10-11,14,16H2,1H3,(H,30,31)(H,32,33,34,35)/t21-,22-/m0/s1. The Bertz CT molecular complexity index is 1320. The third-order valence-corrected chi connectivity index (χ3v) is 6.89. The van der Waals surface area contributed by atoms with E-state index in [1.165, 1.54) is 0 Å². The van der Waals surface area contributed by atoms with E-state index in [0.717, 1.165) is 66.7 Å². The molecule has 0 saturated carbocycles. The van der Waals surface area contributed by atoms with Gasteiger partial charge in [-0.2, -0.15) is 5.21 Å². The zero-order valence-electron chi connectivity index (χ0n) is 20.7. The summed E-state index contributed by atoms with van der Waals surface area (Å²) in [5, 5.41) is 18.3. The van der Waals surface area contributed by atoms with Crippen molar-refractivity contribution in [2.45, 2.75) is 57.6 Å². The van der Waals surface area contributed by atoms with Crippen LogP contribution in [0.15, 0.2) is 48.5 Å². The molecule has 2 aromatic heterocycles. The number of aryl methyl sites for hydroxylation is 1. The number of hydrogen-bond donors (Lipinski definition) is 3. The van der Waals surface area contributed by atoms with Crippen molar-refractivity contribution in [2.24, 2.45) is 0 Å². The second-order valence-electron chi connectivity index (χ2n) is 9.25. The van der Waals surface area contributed by atoms with Crippen molar-refractivity contribution in [1.29, 1.82) is 0 Å². The number of benzene rings is 2. The van der Waals surface area contributed by atoms with Crippen LogP contribution in [0.25, 0.3) is 22.5 Å². The monoisotopic (exact) mass is 519 g/mol. The van der Waals surface area contributed by atoms with Gasteiger partial charge in [0.1, 0.15) is 18.0 Å². The van der Waals surface area contributed by atoms with Gasteiger partial charge in [0.25, 0.3) is 0 Å². The molecule has 0 aliphatic carbocycles. The fraction of sp³-hybridized carbons (Fsp3) is 0.370. The molecule has 3 N–H and O–H groups in total. The minimum atomic E-state index is -0.619. The van der Waals surface area contributed by atoms with Crippen molar-refractivity contribution in [1.82, 2.24) is 35.9 Å². The number of aromatic amines is 2. The first-order chi connectivity index (χ1) is 18.1. The molecule has 192 valence electrons. The van der Waals surface area contributed by atoms with Gasteiger partial charge in [0, 0.05) is 18.4 Å². The van der Waals surface area contributed by atoms with Crippen LogP contribution in [-0.2, 0) is 22.4 Å². The molecule has 1 aliphatic heterocycles. The van der Waals surface area contributed by atoms with E-state index in [9.17, 15) is 4.79 Å². The molecule has 1 fully saturated rings. The Morgan fingerprint density at radius 2 is 2.05 bits per heavy atom. The third-order valence-electron chi connectivity index (χ3n) is 6.60. The summed E-state index contributed by atoms with van der Waals surface area (Å²) in [5.41, 5.74) is 4.42. The molecule has 2 aromatic carbocycles. The zero-order valence-corrected chi connectivity index (χ0v) is 21.5. The lowest BCUT2D eigenvalue weighted by molar-refractivity contribution is -0.151. The normalized spacial score (nSPS) is 16.1. The lowest BCUT2D eigenvalue weighted by atomic mass is 9.95. The third kappa shape index (κ3) is 5.89. The molecule has 0 radical (unpaired) electrons. The SMILES string of the molecule is CCCCc1nc(Cl)c([C@H](Cc2ccc(-c3ccccc3)c(-c3nn[nH]n3)c2)OC(=O)[C@@H]2CCCN2)[nH]1. The van der Waals surface area contributed by atoms with E-state index in [4.69, 9.17) is 16.3 Å². The summed E-state index contributed by atoms with van der Waals surface area (Å²) in [6, 6.07) is 15.8. The predicted molar refractivity (Wildman–Crippen MR) is 141 cm³/mol. The number of imidazole rings is 1. The number of carbonyl (C=O) groups excluding carboxylic acids is 1. The number of ether oxygens (including phenoxy) is 1. The fourth-order valence-electron chi connectivity index (χ4n) is 4.66. The Morgan fingerprint density at radius 3 is 2.78 bits per heavy atom. The molecular formula is C27H30ClN7O2. The smallest absolute Gasteiger partial charge is 0.323 e. The fourth-order valence-corrected chi connectivity index (χ4v) is 4.93. The number of hydrogen-bond acceptors (Lipinski definition) is 7. The number of esters is 1. The van der Waals surface area contributed by atoms with Crippen molar-refractivity contribution in [3.05, 3.63) is 70.8 Å². The summed E-state index contributed by atoms with van der Waals surface area (Å²) in [5.74, 6) is 1.02. The lowest BCUT2D eigenvalue weighted by Crippen LogP contribution is -2.33. The summed E-state index contributed by atoms with van der Waals surface area (Å²) in [4.78, 5) is 20.8. The largest absolute Gasteiger partial charge is 0.454 e. The van der Waals surface area contributed by atoms with Gasteiger partial charge in [0.05, 0.1) is 5.69 Å². The molecule has 1 saturated heterocycles.